The van der Waals surface area contributed by atoms with Gasteiger partial charge in [0.2, 0.25) is 46.5 Å². The van der Waals surface area contributed by atoms with E-state index in [-0.39, 0.29) is 28.4 Å². The highest BCUT2D eigenvalue weighted by atomic mass is 19.2. The SMILES string of the molecule is CCc1ccccc1C[NH2+]Cc1ccccc1CC.COc1c(F)c(F)c(F)c(F)c1[B-](c1c(F)c(F)c(F)c(F)c1OC)(c1c(F)c(F)c(F)c(F)c1OC)c1c(F)c(F)c(F)c(F)c1OC. The molecule has 0 radical (unpaired) electrons. The number of aryl methyl sites for hydroxylation is 2. The molecule has 6 rings (SSSR count). The quantitative estimate of drug-likeness (QED) is 0.0516. The third kappa shape index (κ3) is 8.62. The largest absolute Gasteiger partial charge is 0.497 e. The fourth-order valence-electron chi connectivity index (χ4n) is 8.31. The Morgan fingerprint density at radius 1 is 0.324 bits per heavy atom. The number of methoxy groups -OCH3 is 4. The second-order valence-corrected chi connectivity index (χ2v) is 14.6. The van der Waals surface area contributed by atoms with E-state index in [0.717, 1.165) is 25.9 Å². The van der Waals surface area contributed by atoms with Crippen molar-refractivity contribution in [1.29, 1.82) is 0 Å². The Morgan fingerprint density at radius 2 is 0.529 bits per heavy atom. The number of quaternary nitrogens is 1. The summed E-state index contributed by atoms with van der Waals surface area (Å²) in [6, 6.07) is 17.5. The second kappa shape index (κ2) is 21.2. The van der Waals surface area contributed by atoms with Crippen LogP contribution in [0.25, 0.3) is 0 Å². The minimum Gasteiger partial charge on any atom is -0.497 e. The molecule has 0 fully saturated rings. The molecule has 0 bridgehead atoms. The van der Waals surface area contributed by atoms with E-state index in [1.807, 2.05) is 0 Å². The van der Waals surface area contributed by atoms with Crippen LogP contribution in [-0.4, -0.2) is 34.6 Å². The molecule has 0 aliphatic rings. The molecule has 0 aliphatic carbocycles. The topological polar surface area (TPSA) is 53.5 Å². The van der Waals surface area contributed by atoms with Crippen molar-refractivity contribution >= 4 is 28.0 Å². The Bertz CT molecular complexity index is 2560. The monoisotopic (exact) mass is 981 g/mol. The molecular weight excluding hydrogens is 945 g/mol. The Kier molecular flexibility index (Phi) is 16.3. The molecule has 0 spiro atoms. The van der Waals surface area contributed by atoms with Crippen LogP contribution >= 0.6 is 0 Å². The number of rotatable bonds is 14. The molecule has 0 saturated heterocycles. The normalized spacial score (nSPS) is 11.4. The van der Waals surface area contributed by atoms with Gasteiger partial charge in [-0.1, -0.05) is 62.4 Å². The van der Waals surface area contributed by atoms with Crippen LogP contribution in [0.5, 0.6) is 23.0 Å². The van der Waals surface area contributed by atoms with Crippen LogP contribution in [0.3, 0.4) is 0 Å². The fraction of sp³-hybridized carbons (Fsp3) is 0.217. The Balaban J connectivity index is 0.000000377. The van der Waals surface area contributed by atoms with E-state index in [1.165, 1.54) is 22.3 Å². The van der Waals surface area contributed by atoms with Crippen molar-refractivity contribution in [3.8, 4) is 23.0 Å². The number of hydrogen-bond acceptors (Lipinski definition) is 4. The molecule has 2 N–H and O–H groups in total. The van der Waals surface area contributed by atoms with Crippen molar-refractivity contribution in [3.05, 3.63) is 164 Å². The van der Waals surface area contributed by atoms with Gasteiger partial charge in [-0.2, -0.15) is 17.6 Å². The van der Waals surface area contributed by atoms with Gasteiger partial charge in [0.1, 0.15) is 65.5 Å². The summed E-state index contributed by atoms with van der Waals surface area (Å²) in [5, 5.41) is 2.41. The van der Waals surface area contributed by atoms with Crippen LogP contribution in [0.15, 0.2) is 48.5 Å². The molecule has 364 valence electrons. The Hall–Kier alpha value is -6.58. The molecule has 68 heavy (non-hydrogen) atoms. The van der Waals surface area contributed by atoms with E-state index in [4.69, 9.17) is 0 Å². The van der Waals surface area contributed by atoms with Gasteiger partial charge in [0.15, 0.2) is 23.3 Å². The first-order valence-corrected chi connectivity index (χ1v) is 19.9. The third-order valence-corrected chi connectivity index (χ3v) is 11.3. The molecule has 0 aliphatic heterocycles. The van der Waals surface area contributed by atoms with Crippen molar-refractivity contribution in [1.82, 2.24) is 0 Å². The number of hydrogen-bond donors (Lipinski definition) is 1. The number of halogens is 16. The molecule has 5 nitrogen and oxygen atoms in total. The summed E-state index contributed by atoms with van der Waals surface area (Å²) < 4.78 is 263. The molecule has 0 aromatic heterocycles. The van der Waals surface area contributed by atoms with Gasteiger partial charge in [-0.15, -0.1) is 21.9 Å². The smallest absolute Gasteiger partial charge is 0.201 e. The summed E-state index contributed by atoms with van der Waals surface area (Å²) in [6.45, 7) is 6.60. The zero-order valence-electron chi connectivity index (χ0n) is 36.3. The summed E-state index contributed by atoms with van der Waals surface area (Å²) in [7, 11) is 0.880. The van der Waals surface area contributed by atoms with Gasteiger partial charge in [0, 0.05) is 11.1 Å². The molecule has 0 atom stereocenters. The maximum atomic E-state index is 16.3. The molecule has 0 heterocycles. The van der Waals surface area contributed by atoms with Gasteiger partial charge >= 0.3 is 0 Å². The molecule has 6 aromatic rings. The summed E-state index contributed by atoms with van der Waals surface area (Å²) in [5.74, 6) is -56.6. The highest BCUT2D eigenvalue weighted by Crippen LogP contribution is 2.38. The molecule has 0 amide bonds. The van der Waals surface area contributed by atoms with E-state index in [0.29, 0.717) is 0 Å². The lowest BCUT2D eigenvalue weighted by atomic mass is 9.12. The van der Waals surface area contributed by atoms with Crippen LogP contribution in [0.1, 0.15) is 36.1 Å². The summed E-state index contributed by atoms with van der Waals surface area (Å²) >= 11 is 0. The number of benzene rings is 6. The lowest BCUT2D eigenvalue weighted by molar-refractivity contribution is -0.686. The van der Waals surface area contributed by atoms with Crippen molar-refractivity contribution in [3.63, 3.8) is 0 Å². The van der Waals surface area contributed by atoms with Crippen molar-refractivity contribution in [2.75, 3.05) is 28.4 Å². The summed E-state index contributed by atoms with van der Waals surface area (Å²) in [4.78, 5) is 0. The highest BCUT2D eigenvalue weighted by Gasteiger charge is 2.53. The highest BCUT2D eigenvalue weighted by molar-refractivity contribution is 7.21. The second-order valence-electron chi connectivity index (χ2n) is 14.6. The van der Waals surface area contributed by atoms with Crippen LogP contribution in [0.4, 0.5) is 70.2 Å². The van der Waals surface area contributed by atoms with Gasteiger partial charge in [-0.25, -0.2) is 52.7 Å². The fourth-order valence-corrected chi connectivity index (χ4v) is 8.31. The number of ether oxygens (including phenoxy) is 4. The van der Waals surface area contributed by atoms with Crippen molar-refractivity contribution in [2.45, 2.75) is 39.8 Å². The van der Waals surface area contributed by atoms with E-state index >= 15 is 52.7 Å². The van der Waals surface area contributed by atoms with Crippen LogP contribution in [0.2, 0.25) is 0 Å². The average Bonchev–Trinajstić information content (AvgIpc) is 3.35. The maximum Gasteiger partial charge on any atom is 0.201 e. The van der Waals surface area contributed by atoms with Crippen molar-refractivity contribution < 1.29 is 94.5 Å². The van der Waals surface area contributed by atoms with Gasteiger partial charge in [0.25, 0.3) is 0 Å². The zero-order valence-corrected chi connectivity index (χ0v) is 36.3. The first-order chi connectivity index (χ1) is 32.2. The van der Waals surface area contributed by atoms with Crippen molar-refractivity contribution in [2.24, 2.45) is 0 Å². The van der Waals surface area contributed by atoms with E-state index in [2.05, 4.69) is 86.6 Å². The summed E-state index contributed by atoms with van der Waals surface area (Å²) in [6.07, 6.45) is -4.01. The van der Waals surface area contributed by atoms with Gasteiger partial charge in [-0.05, 0) is 24.0 Å². The molecule has 22 heteroatoms. The van der Waals surface area contributed by atoms with Crippen LogP contribution < -0.4 is 46.1 Å². The van der Waals surface area contributed by atoms with E-state index in [9.17, 15) is 17.6 Å². The van der Waals surface area contributed by atoms with Crippen LogP contribution in [0, 0.1) is 93.1 Å². The minimum atomic E-state index is -6.25. The Morgan fingerprint density at radius 3 is 0.735 bits per heavy atom. The van der Waals surface area contributed by atoms with E-state index < -0.39 is 144 Å². The minimum absolute atomic E-state index is 0.220. The predicted octanol–water partition coefficient (Wildman–Crippen LogP) is 8.40. The first-order valence-electron chi connectivity index (χ1n) is 19.9. The lowest BCUT2D eigenvalue weighted by Crippen LogP contribution is -2.81. The van der Waals surface area contributed by atoms with Gasteiger partial charge in [-0.3, -0.25) is 0 Å². The average molecular weight is 982 g/mol. The lowest BCUT2D eigenvalue weighted by Gasteiger charge is -2.46. The van der Waals surface area contributed by atoms with Crippen LogP contribution in [-0.2, 0) is 25.9 Å². The van der Waals surface area contributed by atoms with E-state index in [1.54, 1.807) is 0 Å². The number of nitrogens with two attached hydrogens (primary N) is 1. The third-order valence-electron chi connectivity index (χ3n) is 11.3. The standard InChI is InChI=1S/C28H12BF16O4.C18H23N/c1-46-25-5(9(30)13(34)17(38)21(25)42)29(6-10(31)14(35)18(39)22(43)26(6)47-2,7-11(32)15(36)19(40)23(44)27(7)48-3)8-12(33)16(37)20(41)24(45)28(8)49-4;1-3-15-9-5-7-11-17(15)13-19-14-18-12-8-6-10-16(18)4-2/h1-4H3;5-12,19H,3-4,13-14H2,1-2H3/q-1;/p+1. The molecule has 6 aromatic carbocycles. The Labute approximate surface area is 377 Å². The predicted molar refractivity (Wildman–Crippen MR) is 217 cm³/mol. The zero-order chi connectivity index (χ0) is 50.7. The van der Waals surface area contributed by atoms with Gasteiger partial charge in [0.05, 0.1) is 28.4 Å². The molecule has 0 saturated carbocycles. The maximum absolute atomic E-state index is 16.3. The molecular formula is C46H36BF16NO4. The van der Waals surface area contributed by atoms with Gasteiger partial charge < -0.3 is 24.3 Å². The molecule has 0 unspecified atom stereocenters. The first kappa shape index (κ1) is 52.4. The summed E-state index contributed by atoms with van der Waals surface area (Å²) in [5.41, 5.74) is -4.47.